The van der Waals surface area contributed by atoms with E-state index < -0.39 is 0 Å². The van der Waals surface area contributed by atoms with Gasteiger partial charge in [-0.3, -0.25) is 9.59 Å². The zero-order chi connectivity index (χ0) is 16.0. The van der Waals surface area contributed by atoms with Crippen molar-refractivity contribution in [3.05, 3.63) is 63.8 Å². The highest BCUT2D eigenvalue weighted by Gasteiger charge is 2.34. The molecule has 1 aliphatic heterocycles. The molecule has 3 aromatic rings. The maximum Gasteiger partial charge on any atom is 0.270 e. The first kappa shape index (κ1) is 13.8. The number of imidazole rings is 1. The van der Waals surface area contributed by atoms with Gasteiger partial charge in [0.2, 0.25) is 0 Å². The molecule has 6 heteroatoms. The third-order valence-electron chi connectivity index (χ3n) is 4.17. The van der Waals surface area contributed by atoms with Crippen molar-refractivity contribution in [1.29, 1.82) is 0 Å². The molecule has 1 fully saturated rings. The molecule has 4 rings (SSSR count). The Bertz CT molecular complexity index is 917. The number of hydrogen-bond donors (Lipinski definition) is 2. The number of nitrogens with zero attached hydrogens (tertiary/aromatic N) is 2. The molecule has 23 heavy (non-hydrogen) atoms. The van der Waals surface area contributed by atoms with Crippen LogP contribution < -0.4 is 5.43 Å². The molecule has 6 nitrogen and oxygen atoms in total. The molecule has 0 saturated carbocycles. The van der Waals surface area contributed by atoms with Crippen LogP contribution in [0.2, 0.25) is 0 Å². The fraction of sp³-hybridized carbons (Fsp3) is 0.235. The van der Waals surface area contributed by atoms with Gasteiger partial charge in [-0.2, -0.15) is 0 Å². The lowest BCUT2D eigenvalue weighted by molar-refractivity contribution is 0.0589. The predicted molar refractivity (Wildman–Crippen MR) is 86.5 cm³/mol. The summed E-state index contributed by atoms with van der Waals surface area (Å²) in [5.74, 6) is 0.981. The van der Waals surface area contributed by atoms with E-state index in [-0.39, 0.29) is 17.3 Å². The minimum absolute atomic E-state index is 0.141. The minimum Gasteiger partial charge on any atom is -0.354 e. The molecule has 1 aromatic carbocycles. The van der Waals surface area contributed by atoms with Gasteiger partial charge in [0.15, 0.2) is 5.43 Å². The van der Waals surface area contributed by atoms with Crippen LogP contribution in [0.5, 0.6) is 0 Å². The number of carbonyl (C=O) groups is 1. The van der Waals surface area contributed by atoms with Crippen LogP contribution in [0, 0.1) is 6.92 Å². The topological polar surface area (TPSA) is 81.8 Å². The van der Waals surface area contributed by atoms with Crippen molar-refractivity contribution in [3.8, 4) is 0 Å². The SMILES string of the molecule is Cc1cc(=O)cc(C(=O)N2CC(c3nc4ccccc4[nH]3)C2)[nH]1. The molecule has 2 N–H and O–H groups in total. The third kappa shape index (κ3) is 2.42. The van der Waals surface area contributed by atoms with Crippen molar-refractivity contribution < 1.29 is 4.79 Å². The van der Waals surface area contributed by atoms with E-state index in [0.717, 1.165) is 16.9 Å². The standard InChI is InChI=1S/C17H16N4O2/c1-10-6-12(22)7-15(18-10)17(23)21-8-11(9-21)16-19-13-4-2-3-5-14(13)20-16/h2-7,11H,8-9H2,1H3,(H,18,22)(H,19,20). The van der Waals surface area contributed by atoms with Crippen molar-refractivity contribution in [2.75, 3.05) is 13.1 Å². The van der Waals surface area contributed by atoms with Crippen molar-refractivity contribution in [2.24, 2.45) is 0 Å². The summed E-state index contributed by atoms with van der Waals surface area (Å²) in [4.78, 5) is 36.5. The molecule has 0 unspecified atom stereocenters. The number of amides is 1. The third-order valence-corrected chi connectivity index (χ3v) is 4.17. The summed E-state index contributed by atoms with van der Waals surface area (Å²) in [6, 6.07) is 10.7. The number of likely N-dealkylation sites (tertiary alicyclic amines) is 1. The summed E-state index contributed by atoms with van der Waals surface area (Å²) in [6.45, 7) is 2.98. The van der Waals surface area contributed by atoms with Gasteiger partial charge in [-0.25, -0.2) is 4.98 Å². The molecule has 116 valence electrons. The maximum atomic E-state index is 12.4. The van der Waals surface area contributed by atoms with E-state index >= 15 is 0 Å². The Hall–Kier alpha value is -2.89. The van der Waals surface area contributed by atoms with Gasteiger partial charge in [0.1, 0.15) is 11.5 Å². The number of benzene rings is 1. The number of pyridine rings is 1. The molecular formula is C17H16N4O2. The van der Waals surface area contributed by atoms with Crippen molar-refractivity contribution in [2.45, 2.75) is 12.8 Å². The Morgan fingerprint density at radius 3 is 2.74 bits per heavy atom. The van der Waals surface area contributed by atoms with E-state index in [1.54, 1.807) is 11.8 Å². The lowest BCUT2D eigenvalue weighted by Gasteiger charge is -2.38. The summed E-state index contributed by atoms with van der Waals surface area (Å²) in [6.07, 6.45) is 0. The van der Waals surface area contributed by atoms with Gasteiger partial charge in [-0.05, 0) is 19.1 Å². The smallest absolute Gasteiger partial charge is 0.270 e. The number of rotatable bonds is 2. The van der Waals surface area contributed by atoms with E-state index in [0.29, 0.717) is 24.5 Å². The fourth-order valence-corrected chi connectivity index (χ4v) is 2.95. The average molecular weight is 308 g/mol. The zero-order valence-corrected chi connectivity index (χ0v) is 12.7. The van der Waals surface area contributed by atoms with Gasteiger partial charge in [0.25, 0.3) is 5.91 Å². The Kier molecular flexibility index (Phi) is 3.04. The lowest BCUT2D eigenvalue weighted by Crippen LogP contribution is -2.49. The Morgan fingerprint density at radius 2 is 2.00 bits per heavy atom. The van der Waals surface area contributed by atoms with Gasteiger partial charge in [-0.1, -0.05) is 12.1 Å². The number of aryl methyl sites for hydroxylation is 1. The van der Waals surface area contributed by atoms with Crippen LogP contribution in [-0.2, 0) is 0 Å². The van der Waals surface area contributed by atoms with Gasteiger partial charge >= 0.3 is 0 Å². The van der Waals surface area contributed by atoms with Crippen LogP contribution in [0.25, 0.3) is 11.0 Å². The summed E-state index contributed by atoms with van der Waals surface area (Å²) >= 11 is 0. The first-order valence-corrected chi connectivity index (χ1v) is 7.55. The van der Waals surface area contributed by atoms with E-state index in [9.17, 15) is 9.59 Å². The predicted octanol–water partition coefficient (Wildman–Crippen LogP) is 1.80. The van der Waals surface area contributed by atoms with E-state index in [1.165, 1.54) is 12.1 Å². The number of H-pyrrole nitrogens is 2. The molecule has 0 radical (unpaired) electrons. The minimum atomic E-state index is -0.154. The Balaban J connectivity index is 1.50. The molecule has 1 amide bonds. The molecule has 3 heterocycles. The second-order valence-corrected chi connectivity index (χ2v) is 5.96. The number of carbonyl (C=O) groups excluding carboxylic acids is 1. The number of para-hydroxylation sites is 2. The first-order chi connectivity index (χ1) is 11.1. The molecule has 0 bridgehead atoms. The van der Waals surface area contributed by atoms with Crippen LogP contribution in [0.3, 0.4) is 0 Å². The number of fused-ring (bicyclic) bond motifs is 1. The van der Waals surface area contributed by atoms with Gasteiger partial charge in [0.05, 0.1) is 17.0 Å². The highest BCUT2D eigenvalue weighted by molar-refractivity contribution is 5.93. The normalized spacial score (nSPS) is 14.9. The van der Waals surface area contributed by atoms with Crippen molar-refractivity contribution in [1.82, 2.24) is 19.9 Å². The van der Waals surface area contributed by atoms with Gasteiger partial charge in [0, 0.05) is 30.9 Å². The van der Waals surface area contributed by atoms with Crippen LogP contribution in [0.1, 0.15) is 27.9 Å². The molecule has 0 atom stereocenters. The van der Waals surface area contributed by atoms with Crippen molar-refractivity contribution in [3.63, 3.8) is 0 Å². The van der Waals surface area contributed by atoms with Crippen LogP contribution in [0.4, 0.5) is 0 Å². The zero-order valence-electron chi connectivity index (χ0n) is 12.7. The van der Waals surface area contributed by atoms with Crippen LogP contribution in [-0.4, -0.2) is 38.8 Å². The second-order valence-electron chi connectivity index (χ2n) is 5.96. The van der Waals surface area contributed by atoms with Gasteiger partial charge in [-0.15, -0.1) is 0 Å². The Labute approximate surface area is 132 Å². The van der Waals surface area contributed by atoms with E-state index in [1.807, 2.05) is 24.3 Å². The molecule has 0 spiro atoms. The molecule has 1 saturated heterocycles. The summed E-state index contributed by atoms with van der Waals surface area (Å²) < 4.78 is 0. The van der Waals surface area contributed by atoms with Gasteiger partial charge < -0.3 is 14.9 Å². The Morgan fingerprint density at radius 1 is 1.22 bits per heavy atom. The van der Waals surface area contributed by atoms with E-state index in [4.69, 9.17) is 0 Å². The monoisotopic (exact) mass is 308 g/mol. The second kappa shape index (κ2) is 5.08. The summed E-state index contributed by atoms with van der Waals surface area (Å²) in [7, 11) is 0. The lowest BCUT2D eigenvalue weighted by atomic mass is 9.99. The van der Waals surface area contributed by atoms with Crippen molar-refractivity contribution >= 4 is 16.9 Å². The first-order valence-electron chi connectivity index (χ1n) is 7.55. The number of aromatic nitrogens is 3. The fourth-order valence-electron chi connectivity index (χ4n) is 2.95. The quantitative estimate of drug-likeness (QED) is 0.757. The number of hydrogen-bond acceptors (Lipinski definition) is 3. The number of nitrogens with one attached hydrogen (secondary N) is 2. The molecule has 1 aliphatic rings. The van der Waals surface area contributed by atoms with Crippen LogP contribution in [0.15, 0.2) is 41.2 Å². The molecular weight excluding hydrogens is 292 g/mol. The molecule has 0 aliphatic carbocycles. The largest absolute Gasteiger partial charge is 0.354 e. The highest BCUT2D eigenvalue weighted by atomic mass is 16.2. The molecule has 2 aromatic heterocycles. The summed E-state index contributed by atoms with van der Waals surface area (Å²) in [5.41, 5.74) is 2.83. The van der Waals surface area contributed by atoms with E-state index in [2.05, 4.69) is 15.0 Å². The average Bonchev–Trinajstić information content (AvgIpc) is 2.87. The number of aromatic amines is 2. The maximum absolute atomic E-state index is 12.4. The van der Waals surface area contributed by atoms with Crippen LogP contribution >= 0.6 is 0 Å². The highest BCUT2D eigenvalue weighted by Crippen LogP contribution is 2.27. The summed E-state index contributed by atoms with van der Waals surface area (Å²) in [5, 5.41) is 0.